The lowest BCUT2D eigenvalue weighted by atomic mass is 10.1. The highest BCUT2D eigenvalue weighted by molar-refractivity contribution is 5.71. The van der Waals surface area contributed by atoms with Crippen molar-refractivity contribution in [2.75, 3.05) is 31.4 Å². The molecule has 0 atom stereocenters. The fourth-order valence-corrected chi connectivity index (χ4v) is 2.93. The van der Waals surface area contributed by atoms with Gasteiger partial charge in [-0.25, -0.2) is 9.97 Å². The summed E-state index contributed by atoms with van der Waals surface area (Å²) < 4.78 is 46.7. The predicted octanol–water partition coefficient (Wildman–Crippen LogP) is 4.79. The fraction of sp³-hybridized carbons (Fsp3) is 0.550. The van der Waals surface area contributed by atoms with Crippen LogP contribution in [0.15, 0.2) is 12.3 Å². The molecular weight excluding hydrogens is 383 g/mol. The fourth-order valence-electron chi connectivity index (χ4n) is 2.93. The normalized spacial score (nSPS) is 11.7. The number of hydrogen-bond donors (Lipinski definition) is 1. The van der Waals surface area contributed by atoms with E-state index in [1.165, 1.54) is 18.2 Å². The number of nitrogens with one attached hydrogen (secondary N) is 1. The van der Waals surface area contributed by atoms with E-state index in [2.05, 4.69) is 34.1 Å². The molecule has 160 valence electrons. The van der Waals surface area contributed by atoms with Gasteiger partial charge in [-0.05, 0) is 25.3 Å². The summed E-state index contributed by atoms with van der Waals surface area (Å²) in [5.74, 6) is 0.768. The van der Waals surface area contributed by atoms with Gasteiger partial charge in [0, 0.05) is 31.9 Å². The summed E-state index contributed by atoms with van der Waals surface area (Å²) in [5, 5.41) is 3.32. The second-order valence-corrected chi connectivity index (χ2v) is 6.87. The van der Waals surface area contributed by atoms with Gasteiger partial charge in [-0.1, -0.05) is 20.8 Å². The summed E-state index contributed by atoms with van der Waals surface area (Å²) in [4.78, 5) is 14.6. The summed E-state index contributed by atoms with van der Waals surface area (Å²) in [6.45, 7) is 6.00. The number of nitrogens with zero attached hydrogens (tertiary/aromatic N) is 4. The number of alkyl halides is 3. The zero-order valence-electron chi connectivity index (χ0n) is 17.7. The second-order valence-electron chi connectivity index (χ2n) is 6.87. The molecule has 0 aliphatic rings. The number of methoxy groups -OCH3 is 1. The molecule has 2 rings (SSSR count). The molecule has 9 heteroatoms. The lowest BCUT2D eigenvalue weighted by Gasteiger charge is -2.21. The van der Waals surface area contributed by atoms with E-state index in [0.717, 1.165) is 18.9 Å². The highest BCUT2D eigenvalue weighted by Gasteiger charge is 2.36. The molecule has 2 aromatic heterocycles. The van der Waals surface area contributed by atoms with Gasteiger partial charge in [0.2, 0.25) is 5.88 Å². The van der Waals surface area contributed by atoms with E-state index in [1.807, 2.05) is 6.92 Å². The van der Waals surface area contributed by atoms with Crippen molar-refractivity contribution < 1.29 is 17.9 Å². The van der Waals surface area contributed by atoms with E-state index >= 15 is 0 Å². The minimum absolute atomic E-state index is 0.0283. The minimum Gasteiger partial charge on any atom is -0.479 e. The van der Waals surface area contributed by atoms with Crippen LogP contribution in [-0.2, 0) is 12.6 Å². The minimum atomic E-state index is -4.57. The first-order chi connectivity index (χ1) is 13.7. The summed E-state index contributed by atoms with van der Waals surface area (Å²) in [5.41, 5.74) is -0.370. The molecule has 0 unspecified atom stereocenters. The van der Waals surface area contributed by atoms with Crippen LogP contribution in [0.3, 0.4) is 0 Å². The van der Waals surface area contributed by atoms with Gasteiger partial charge in [-0.15, -0.1) is 0 Å². The van der Waals surface area contributed by atoms with Gasteiger partial charge >= 0.3 is 6.18 Å². The van der Waals surface area contributed by atoms with Crippen molar-refractivity contribution in [2.45, 2.75) is 52.3 Å². The first-order valence-corrected chi connectivity index (χ1v) is 9.62. The molecule has 0 bridgehead atoms. The third-order valence-electron chi connectivity index (χ3n) is 4.70. The Kier molecular flexibility index (Phi) is 7.26. The maximum atomic E-state index is 13.8. The highest BCUT2D eigenvalue weighted by Crippen LogP contribution is 2.40. The average Bonchev–Trinajstić information content (AvgIpc) is 2.70. The highest BCUT2D eigenvalue weighted by atomic mass is 19.4. The monoisotopic (exact) mass is 411 g/mol. The number of halogens is 3. The molecular formula is C20H28F3N5O. The summed E-state index contributed by atoms with van der Waals surface area (Å²) >= 11 is 0. The van der Waals surface area contributed by atoms with E-state index in [-0.39, 0.29) is 29.0 Å². The van der Waals surface area contributed by atoms with Gasteiger partial charge in [0.25, 0.3) is 0 Å². The van der Waals surface area contributed by atoms with Crippen LogP contribution in [0.4, 0.5) is 24.8 Å². The molecule has 0 aliphatic carbocycles. The Bertz CT molecular complexity index is 836. The topological polar surface area (TPSA) is 63.2 Å². The molecule has 0 amide bonds. The number of hydrogen-bond acceptors (Lipinski definition) is 6. The standard InChI is InChI=1S/C20H28F3N5O/c1-7-12(8-2)25-18-15(9-3)26-17(19(27-18)29-6)13-11-24-16(28(4)5)10-14(13)20(21,22)23/h10-12H,7-9H2,1-6H3,(H,25,27). The van der Waals surface area contributed by atoms with Crippen molar-refractivity contribution in [1.29, 1.82) is 0 Å². The Morgan fingerprint density at radius 3 is 2.28 bits per heavy atom. The SMILES string of the molecule is CCc1nc(-c2cnc(N(C)C)cc2C(F)(F)F)c(OC)nc1NC(CC)CC. The average molecular weight is 411 g/mol. The third kappa shape index (κ3) is 5.07. The Labute approximate surface area is 169 Å². The second kappa shape index (κ2) is 9.28. The predicted molar refractivity (Wildman–Crippen MR) is 109 cm³/mol. The smallest absolute Gasteiger partial charge is 0.417 e. The molecule has 0 saturated heterocycles. The van der Waals surface area contributed by atoms with E-state index in [4.69, 9.17) is 4.74 Å². The van der Waals surface area contributed by atoms with Gasteiger partial charge in [-0.2, -0.15) is 18.2 Å². The molecule has 0 aromatic carbocycles. The van der Waals surface area contributed by atoms with Gasteiger partial charge in [-0.3, -0.25) is 0 Å². The Balaban J connectivity index is 2.68. The third-order valence-corrected chi connectivity index (χ3v) is 4.70. The van der Waals surface area contributed by atoms with E-state index in [9.17, 15) is 13.2 Å². The van der Waals surface area contributed by atoms with Gasteiger partial charge in [0.15, 0.2) is 5.82 Å². The lowest BCUT2D eigenvalue weighted by molar-refractivity contribution is -0.137. The van der Waals surface area contributed by atoms with Gasteiger partial charge in [0.1, 0.15) is 11.5 Å². The molecule has 2 aromatic rings. The van der Waals surface area contributed by atoms with E-state index in [0.29, 0.717) is 17.9 Å². The van der Waals surface area contributed by atoms with Crippen molar-refractivity contribution in [3.8, 4) is 17.1 Å². The summed E-state index contributed by atoms with van der Waals surface area (Å²) in [6.07, 6.45) is -1.11. The van der Waals surface area contributed by atoms with Crippen molar-refractivity contribution in [3.05, 3.63) is 23.5 Å². The van der Waals surface area contributed by atoms with Crippen LogP contribution in [0.1, 0.15) is 44.9 Å². The van der Waals surface area contributed by atoms with Gasteiger partial charge < -0.3 is 15.0 Å². The van der Waals surface area contributed by atoms with Crippen LogP contribution >= 0.6 is 0 Å². The van der Waals surface area contributed by atoms with Crippen LogP contribution in [-0.4, -0.2) is 42.2 Å². The number of rotatable bonds is 8. The first kappa shape index (κ1) is 22.7. The van der Waals surface area contributed by atoms with Crippen LogP contribution < -0.4 is 15.0 Å². The van der Waals surface area contributed by atoms with Crippen molar-refractivity contribution in [2.24, 2.45) is 0 Å². The first-order valence-electron chi connectivity index (χ1n) is 9.62. The number of anilines is 2. The molecule has 6 nitrogen and oxygen atoms in total. The van der Waals surface area contributed by atoms with Crippen LogP contribution in [0.2, 0.25) is 0 Å². The Hall–Kier alpha value is -2.58. The molecule has 2 heterocycles. The molecule has 0 saturated carbocycles. The van der Waals surface area contributed by atoms with Crippen LogP contribution in [0.5, 0.6) is 5.88 Å². The molecule has 29 heavy (non-hydrogen) atoms. The van der Waals surface area contributed by atoms with E-state index < -0.39 is 11.7 Å². The van der Waals surface area contributed by atoms with Crippen molar-refractivity contribution in [1.82, 2.24) is 15.0 Å². The maximum absolute atomic E-state index is 13.8. The number of ether oxygens (including phenoxy) is 1. The van der Waals surface area contributed by atoms with Crippen LogP contribution in [0, 0.1) is 0 Å². The summed E-state index contributed by atoms with van der Waals surface area (Å²) in [7, 11) is 4.64. The molecule has 0 aliphatic heterocycles. The quantitative estimate of drug-likeness (QED) is 0.674. The number of pyridine rings is 1. The van der Waals surface area contributed by atoms with E-state index in [1.54, 1.807) is 14.1 Å². The maximum Gasteiger partial charge on any atom is 0.417 e. The number of aromatic nitrogens is 3. The zero-order valence-corrected chi connectivity index (χ0v) is 17.7. The van der Waals surface area contributed by atoms with Crippen LogP contribution in [0.25, 0.3) is 11.3 Å². The van der Waals surface area contributed by atoms with Crippen molar-refractivity contribution >= 4 is 11.6 Å². The van der Waals surface area contributed by atoms with Crippen molar-refractivity contribution in [3.63, 3.8) is 0 Å². The number of aryl methyl sites for hydroxylation is 1. The molecule has 1 N–H and O–H groups in total. The lowest BCUT2D eigenvalue weighted by Crippen LogP contribution is -2.20. The Morgan fingerprint density at radius 2 is 1.79 bits per heavy atom. The molecule has 0 radical (unpaired) electrons. The molecule has 0 spiro atoms. The summed E-state index contributed by atoms with van der Waals surface area (Å²) in [6, 6.07) is 1.20. The van der Waals surface area contributed by atoms with Gasteiger partial charge in [0.05, 0.1) is 18.4 Å². The molecule has 0 fully saturated rings. The Morgan fingerprint density at radius 1 is 1.14 bits per heavy atom. The largest absolute Gasteiger partial charge is 0.479 e. The zero-order chi connectivity index (χ0) is 21.8.